The first kappa shape index (κ1) is 18.9. The highest BCUT2D eigenvalue weighted by Gasteiger charge is 2.17. The number of allylic oxidation sites excluding steroid dienone is 1. The van der Waals surface area contributed by atoms with Crippen LogP contribution in [-0.2, 0) is 11.3 Å². The molecular formula is C18H22N4O5. The number of benzene rings is 1. The maximum absolute atomic E-state index is 12.6. The van der Waals surface area contributed by atoms with E-state index in [0.29, 0.717) is 42.2 Å². The van der Waals surface area contributed by atoms with Gasteiger partial charge in [0.1, 0.15) is 19.3 Å². The number of aliphatic hydroxyl groups is 1. The third-order valence-electron chi connectivity index (χ3n) is 4.17. The van der Waals surface area contributed by atoms with Crippen LogP contribution in [0.4, 0.5) is 0 Å². The molecule has 1 aromatic carbocycles. The number of hydrogen-bond donors (Lipinski definition) is 3. The average molecular weight is 374 g/mol. The van der Waals surface area contributed by atoms with Gasteiger partial charge in [0, 0.05) is 19.2 Å². The van der Waals surface area contributed by atoms with E-state index >= 15 is 0 Å². The fourth-order valence-corrected chi connectivity index (χ4v) is 2.59. The lowest BCUT2D eigenvalue weighted by Crippen LogP contribution is -2.47. The molecule has 27 heavy (non-hydrogen) atoms. The van der Waals surface area contributed by atoms with Gasteiger partial charge in [0.05, 0.1) is 23.3 Å². The standard InChI is InChI=1S/C18H22N4O5/c1-11(23)16(19)17(24)20-4-2-3-5-22-10-21-13-9-15-14(26-6-7-27-15)8-12(13)18(22)25/h2-3,8-11,16,23H,4-7,19H2,1H3,(H,20,24)/b3-2+/t11-,16+/m1/s1. The molecule has 144 valence electrons. The number of nitrogens with one attached hydrogen (secondary N) is 1. The molecule has 9 nitrogen and oxygen atoms in total. The zero-order chi connectivity index (χ0) is 19.4. The number of rotatable bonds is 6. The van der Waals surface area contributed by atoms with Gasteiger partial charge in [-0.3, -0.25) is 14.2 Å². The molecule has 0 bridgehead atoms. The average Bonchev–Trinajstić information content (AvgIpc) is 2.67. The number of amides is 1. The zero-order valence-corrected chi connectivity index (χ0v) is 14.9. The molecule has 0 aliphatic carbocycles. The molecule has 9 heteroatoms. The second-order valence-corrected chi connectivity index (χ2v) is 6.20. The summed E-state index contributed by atoms with van der Waals surface area (Å²) in [6.45, 7) is 2.91. The van der Waals surface area contributed by atoms with Gasteiger partial charge in [-0.15, -0.1) is 0 Å². The molecule has 0 radical (unpaired) electrons. The Balaban J connectivity index is 1.66. The van der Waals surface area contributed by atoms with Gasteiger partial charge in [0.15, 0.2) is 11.5 Å². The Kier molecular flexibility index (Phi) is 5.72. The molecule has 0 saturated carbocycles. The number of nitrogens with zero attached hydrogens (tertiary/aromatic N) is 2. The van der Waals surface area contributed by atoms with Gasteiger partial charge in [0.2, 0.25) is 5.91 Å². The number of nitrogens with two attached hydrogens (primary N) is 1. The van der Waals surface area contributed by atoms with E-state index < -0.39 is 18.1 Å². The van der Waals surface area contributed by atoms with Gasteiger partial charge in [-0.25, -0.2) is 4.98 Å². The number of ether oxygens (including phenoxy) is 2. The van der Waals surface area contributed by atoms with Crippen LogP contribution < -0.4 is 26.1 Å². The van der Waals surface area contributed by atoms with E-state index in [1.807, 2.05) is 0 Å². The van der Waals surface area contributed by atoms with Crippen molar-refractivity contribution < 1.29 is 19.4 Å². The normalized spacial score (nSPS) is 15.7. The fourth-order valence-electron chi connectivity index (χ4n) is 2.59. The quantitative estimate of drug-likeness (QED) is 0.584. The topological polar surface area (TPSA) is 129 Å². The number of carbonyl (C=O) groups excluding carboxylic acids is 1. The van der Waals surface area contributed by atoms with E-state index in [-0.39, 0.29) is 12.1 Å². The Bertz CT molecular complexity index is 922. The monoisotopic (exact) mass is 374 g/mol. The lowest BCUT2D eigenvalue weighted by molar-refractivity contribution is -0.124. The van der Waals surface area contributed by atoms with E-state index in [2.05, 4.69) is 10.3 Å². The van der Waals surface area contributed by atoms with Crippen LogP contribution >= 0.6 is 0 Å². The molecule has 4 N–H and O–H groups in total. The highest BCUT2D eigenvalue weighted by atomic mass is 16.6. The van der Waals surface area contributed by atoms with Gasteiger partial charge in [-0.05, 0) is 13.0 Å². The summed E-state index contributed by atoms with van der Waals surface area (Å²) < 4.78 is 12.5. The maximum Gasteiger partial charge on any atom is 0.261 e. The predicted molar refractivity (Wildman–Crippen MR) is 98.8 cm³/mol. The van der Waals surface area contributed by atoms with E-state index in [9.17, 15) is 14.7 Å². The van der Waals surface area contributed by atoms with Crippen LogP contribution in [-0.4, -0.2) is 52.5 Å². The lowest BCUT2D eigenvalue weighted by atomic mass is 10.2. The summed E-state index contributed by atoms with van der Waals surface area (Å²) in [7, 11) is 0. The highest BCUT2D eigenvalue weighted by Crippen LogP contribution is 2.32. The summed E-state index contributed by atoms with van der Waals surface area (Å²) in [5, 5.41) is 12.3. The van der Waals surface area contributed by atoms with Crippen molar-refractivity contribution in [2.75, 3.05) is 19.8 Å². The maximum atomic E-state index is 12.6. The van der Waals surface area contributed by atoms with E-state index in [1.165, 1.54) is 17.8 Å². The molecule has 0 fully saturated rings. The predicted octanol–water partition coefficient (Wildman–Crippen LogP) is -0.452. The van der Waals surface area contributed by atoms with E-state index in [0.717, 1.165) is 0 Å². The van der Waals surface area contributed by atoms with Crippen molar-refractivity contribution in [1.29, 1.82) is 0 Å². The van der Waals surface area contributed by atoms with Crippen molar-refractivity contribution in [2.24, 2.45) is 5.73 Å². The van der Waals surface area contributed by atoms with Crippen LogP contribution in [0.25, 0.3) is 10.9 Å². The molecule has 0 saturated heterocycles. The van der Waals surface area contributed by atoms with Crippen molar-refractivity contribution in [3.8, 4) is 11.5 Å². The summed E-state index contributed by atoms with van der Waals surface area (Å²) in [6.07, 6.45) is 3.98. The second kappa shape index (κ2) is 8.19. The minimum absolute atomic E-state index is 0.193. The minimum atomic E-state index is -0.970. The lowest BCUT2D eigenvalue weighted by Gasteiger charge is -2.18. The Morgan fingerprint density at radius 2 is 2.07 bits per heavy atom. The smallest absolute Gasteiger partial charge is 0.261 e. The van der Waals surface area contributed by atoms with E-state index in [1.54, 1.807) is 24.3 Å². The molecule has 3 rings (SSSR count). The van der Waals surface area contributed by atoms with Crippen molar-refractivity contribution in [3.05, 3.63) is 41.0 Å². The largest absolute Gasteiger partial charge is 0.486 e. The Hall–Kier alpha value is -2.91. The number of fused-ring (bicyclic) bond motifs is 2. The molecule has 1 aliphatic rings. The number of aromatic nitrogens is 2. The van der Waals surface area contributed by atoms with Crippen LogP contribution in [0.2, 0.25) is 0 Å². The Morgan fingerprint density at radius 1 is 1.37 bits per heavy atom. The van der Waals surface area contributed by atoms with Gasteiger partial charge >= 0.3 is 0 Å². The molecule has 1 amide bonds. The van der Waals surface area contributed by atoms with Crippen molar-refractivity contribution in [1.82, 2.24) is 14.9 Å². The number of hydrogen-bond acceptors (Lipinski definition) is 7. The molecule has 2 atom stereocenters. The highest BCUT2D eigenvalue weighted by molar-refractivity contribution is 5.82. The van der Waals surface area contributed by atoms with Crippen molar-refractivity contribution in [3.63, 3.8) is 0 Å². The molecule has 0 spiro atoms. The molecule has 2 aromatic rings. The molecule has 2 heterocycles. The molecule has 1 aromatic heterocycles. The zero-order valence-electron chi connectivity index (χ0n) is 14.9. The summed E-state index contributed by atoms with van der Waals surface area (Å²) >= 11 is 0. The molecule has 0 unspecified atom stereocenters. The van der Waals surface area contributed by atoms with Crippen LogP contribution in [0.15, 0.2) is 35.4 Å². The summed E-state index contributed by atoms with van der Waals surface area (Å²) in [4.78, 5) is 28.5. The Labute approximate surface area is 155 Å². The van der Waals surface area contributed by atoms with Gasteiger partial charge < -0.3 is 25.6 Å². The fraction of sp³-hybridized carbons (Fsp3) is 0.389. The van der Waals surface area contributed by atoms with Crippen molar-refractivity contribution >= 4 is 16.8 Å². The van der Waals surface area contributed by atoms with E-state index in [4.69, 9.17) is 15.2 Å². The number of carbonyl (C=O) groups is 1. The minimum Gasteiger partial charge on any atom is -0.486 e. The number of aliphatic hydroxyl groups excluding tert-OH is 1. The third kappa shape index (κ3) is 4.26. The van der Waals surface area contributed by atoms with Gasteiger partial charge in [0.25, 0.3) is 5.56 Å². The van der Waals surface area contributed by atoms with Crippen LogP contribution in [0.1, 0.15) is 6.92 Å². The Morgan fingerprint density at radius 3 is 2.78 bits per heavy atom. The van der Waals surface area contributed by atoms with Crippen LogP contribution in [0.3, 0.4) is 0 Å². The second-order valence-electron chi connectivity index (χ2n) is 6.20. The van der Waals surface area contributed by atoms with Crippen molar-refractivity contribution in [2.45, 2.75) is 25.6 Å². The van der Waals surface area contributed by atoms with Gasteiger partial charge in [-0.2, -0.15) is 0 Å². The summed E-state index contributed by atoms with van der Waals surface area (Å²) in [5.41, 5.74) is 5.88. The SMILES string of the molecule is C[C@@H](O)[C@H](N)C(=O)NC/C=C/Cn1cnc2cc3c(cc2c1=O)OCCO3. The first-order valence-corrected chi connectivity index (χ1v) is 8.62. The molecular weight excluding hydrogens is 352 g/mol. The molecule has 1 aliphatic heterocycles. The first-order chi connectivity index (χ1) is 13.0. The van der Waals surface area contributed by atoms with Crippen LogP contribution in [0, 0.1) is 0 Å². The summed E-state index contributed by atoms with van der Waals surface area (Å²) in [5.74, 6) is 0.689. The summed E-state index contributed by atoms with van der Waals surface area (Å²) in [6, 6.07) is 2.38. The first-order valence-electron chi connectivity index (χ1n) is 8.62. The van der Waals surface area contributed by atoms with Crippen LogP contribution in [0.5, 0.6) is 11.5 Å². The third-order valence-corrected chi connectivity index (χ3v) is 4.17. The van der Waals surface area contributed by atoms with Gasteiger partial charge in [-0.1, -0.05) is 12.2 Å².